The fraction of sp³-hybridized carbons (Fsp3) is 0.625. The summed E-state index contributed by atoms with van der Waals surface area (Å²) in [4.78, 5) is 3.92. The van der Waals surface area contributed by atoms with Crippen LogP contribution in [0.5, 0.6) is 0 Å². The van der Waals surface area contributed by atoms with Crippen molar-refractivity contribution >= 4 is 5.84 Å². The van der Waals surface area contributed by atoms with Crippen molar-refractivity contribution in [1.82, 2.24) is 5.32 Å². The van der Waals surface area contributed by atoms with E-state index in [1.807, 2.05) is 13.8 Å². The molecular formula is C8H16N2O. The summed E-state index contributed by atoms with van der Waals surface area (Å²) in [5.41, 5.74) is 0.920. The number of rotatable bonds is 2. The Morgan fingerprint density at radius 2 is 2.09 bits per heavy atom. The summed E-state index contributed by atoms with van der Waals surface area (Å²) >= 11 is 0. The van der Waals surface area contributed by atoms with Gasteiger partial charge in [-0.3, -0.25) is 4.99 Å². The van der Waals surface area contributed by atoms with E-state index in [1.54, 1.807) is 20.0 Å². The quantitative estimate of drug-likeness (QED) is 0.461. The van der Waals surface area contributed by atoms with E-state index in [4.69, 9.17) is 5.11 Å². The molecule has 0 aliphatic carbocycles. The lowest BCUT2D eigenvalue weighted by atomic mass is 10.3. The van der Waals surface area contributed by atoms with Crippen molar-refractivity contribution < 1.29 is 5.11 Å². The lowest BCUT2D eigenvalue weighted by Crippen LogP contribution is -2.18. The molecule has 0 rings (SSSR count). The van der Waals surface area contributed by atoms with Crippen LogP contribution in [0, 0.1) is 0 Å². The van der Waals surface area contributed by atoms with Crippen LogP contribution in [0.3, 0.4) is 0 Å². The maximum absolute atomic E-state index is 8.95. The van der Waals surface area contributed by atoms with Crippen molar-refractivity contribution in [3.05, 3.63) is 11.8 Å². The van der Waals surface area contributed by atoms with Gasteiger partial charge in [-0.05, 0) is 26.8 Å². The van der Waals surface area contributed by atoms with Gasteiger partial charge in [0, 0.05) is 12.7 Å². The smallest absolute Gasteiger partial charge is 0.0969 e. The number of allylic oxidation sites excluding steroid dienone is 1. The fourth-order valence-electron chi connectivity index (χ4n) is 0.745. The van der Waals surface area contributed by atoms with Crippen LogP contribution in [0.25, 0.3) is 0 Å². The molecule has 64 valence electrons. The summed E-state index contributed by atoms with van der Waals surface area (Å²) in [6, 6.07) is 0. The van der Waals surface area contributed by atoms with Crippen molar-refractivity contribution in [2.45, 2.75) is 26.9 Å². The third-order valence-corrected chi connectivity index (χ3v) is 1.20. The summed E-state index contributed by atoms with van der Waals surface area (Å²) in [6.45, 7) is 5.48. The molecule has 0 aromatic heterocycles. The van der Waals surface area contributed by atoms with Gasteiger partial charge in [0.15, 0.2) is 0 Å². The first-order valence-electron chi connectivity index (χ1n) is 3.63. The van der Waals surface area contributed by atoms with Crippen LogP contribution in [0.1, 0.15) is 20.8 Å². The predicted molar refractivity (Wildman–Crippen MR) is 47.6 cm³/mol. The molecule has 0 aliphatic rings. The molecule has 0 aromatic rings. The Labute approximate surface area is 67.8 Å². The van der Waals surface area contributed by atoms with E-state index in [2.05, 4.69) is 10.3 Å². The van der Waals surface area contributed by atoms with Crippen LogP contribution in [-0.4, -0.2) is 24.1 Å². The first kappa shape index (κ1) is 10.2. The van der Waals surface area contributed by atoms with Crippen molar-refractivity contribution in [3.8, 4) is 0 Å². The van der Waals surface area contributed by atoms with E-state index < -0.39 is 6.10 Å². The third-order valence-electron chi connectivity index (χ3n) is 1.20. The monoisotopic (exact) mass is 156 g/mol. The summed E-state index contributed by atoms with van der Waals surface area (Å²) in [6.07, 6.45) is 1.32. The van der Waals surface area contributed by atoms with Gasteiger partial charge in [-0.15, -0.1) is 0 Å². The molecule has 0 aromatic carbocycles. The molecule has 0 fully saturated rings. The van der Waals surface area contributed by atoms with Crippen LogP contribution >= 0.6 is 0 Å². The largest absolute Gasteiger partial charge is 0.389 e. The average molecular weight is 156 g/mol. The summed E-state index contributed by atoms with van der Waals surface area (Å²) in [7, 11) is 1.72. The first-order valence-corrected chi connectivity index (χ1v) is 3.63. The Morgan fingerprint density at radius 3 is 2.45 bits per heavy atom. The Bertz CT molecular complexity index is 171. The van der Waals surface area contributed by atoms with Gasteiger partial charge in [-0.1, -0.05) is 0 Å². The third kappa shape index (κ3) is 5.61. The number of hydrogen-bond donors (Lipinski definition) is 2. The van der Waals surface area contributed by atoms with Crippen LogP contribution < -0.4 is 5.32 Å². The van der Waals surface area contributed by atoms with Gasteiger partial charge >= 0.3 is 0 Å². The molecule has 0 radical (unpaired) electrons. The minimum absolute atomic E-state index is 0.410. The lowest BCUT2D eigenvalue weighted by molar-refractivity contribution is 0.243. The zero-order chi connectivity index (χ0) is 8.85. The molecule has 0 heterocycles. The molecule has 0 amide bonds. The van der Waals surface area contributed by atoms with Gasteiger partial charge in [0.1, 0.15) is 0 Å². The highest BCUT2D eigenvalue weighted by atomic mass is 16.3. The van der Waals surface area contributed by atoms with Crippen LogP contribution in [0.4, 0.5) is 0 Å². The Hall–Kier alpha value is -0.830. The zero-order valence-electron chi connectivity index (χ0n) is 7.55. The van der Waals surface area contributed by atoms with Gasteiger partial charge < -0.3 is 10.4 Å². The second-order valence-corrected chi connectivity index (χ2v) is 2.52. The maximum atomic E-state index is 8.95. The number of aliphatic imine (C=N–C) groups is 1. The first-order chi connectivity index (χ1) is 5.06. The zero-order valence-corrected chi connectivity index (χ0v) is 7.55. The summed E-state index contributed by atoms with van der Waals surface area (Å²) < 4.78 is 0. The molecule has 3 heteroatoms. The van der Waals surface area contributed by atoms with Crippen molar-refractivity contribution in [3.63, 3.8) is 0 Å². The van der Waals surface area contributed by atoms with Gasteiger partial charge in [0.25, 0.3) is 0 Å². The highest BCUT2D eigenvalue weighted by molar-refractivity contribution is 5.80. The molecule has 3 nitrogen and oxygen atoms in total. The molecule has 0 bridgehead atoms. The Morgan fingerprint density at radius 1 is 1.55 bits per heavy atom. The number of nitrogens with zero attached hydrogens (tertiary/aromatic N) is 1. The highest BCUT2D eigenvalue weighted by Gasteiger charge is 1.92. The SMILES string of the molecule is CN=C(C)N/C(C)=C/C(C)O. The summed E-state index contributed by atoms with van der Waals surface area (Å²) in [5, 5.41) is 12.0. The maximum Gasteiger partial charge on any atom is 0.0969 e. The topological polar surface area (TPSA) is 44.6 Å². The van der Waals surface area contributed by atoms with Crippen molar-refractivity contribution in [1.29, 1.82) is 0 Å². The number of hydrogen-bond acceptors (Lipinski definition) is 2. The molecule has 0 spiro atoms. The van der Waals surface area contributed by atoms with E-state index in [1.165, 1.54) is 0 Å². The molecule has 0 aliphatic heterocycles. The second kappa shape index (κ2) is 4.91. The highest BCUT2D eigenvalue weighted by Crippen LogP contribution is 1.91. The Balaban J connectivity index is 3.96. The van der Waals surface area contributed by atoms with Gasteiger partial charge in [-0.25, -0.2) is 0 Å². The number of aliphatic hydroxyl groups is 1. The van der Waals surface area contributed by atoms with E-state index in [0.29, 0.717) is 0 Å². The normalized spacial score (nSPS) is 16.5. The van der Waals surface area contributed by atoms with E-state index in [0.717, 1.165) is 11.5 Å². The van der Waals surface area contributed by atoms with Gasteiger partial charge in [0.05, 0.1) is 11.9 Å². The summed E-state index contributed by atoms with van der Waals surface area (Å²) in [5.74, 6) is 0.847. The standard InChI is InChI=1S/C8H16N2O/c1-6(5-7(2)11)10-8(3)9-4/h5,7,11H,1-4H3,(H,9,10)/b6-5+. The molecular weight excluding hydrogens is 140 g/mol. The lowest BCUT2D eigenvalue weighted by Gasteiger charge is -2.05. The van der Waals surface area contributed by atoms with E-state index >= 15 is 0 Å². The average Bonchev–Trinajstić information content (AvgIpc) is 1.85. The minimum atomic E-state index is -0.410. The predicted octanol–water partition coefficient (Wildman–Crippen LogP) is 0.909. The number of nitrogens with one attached hydrogen (secondary N) is 1. The molecule has 11 heavy (non-hydrogen) atoms. The molecule has 0 saturated heterocycles. The minimum Gasteiger partial charge on any atom is -0.389 e. The molecule has 0 saturated carbocycles. The molecule has 1 unspecified atom stereocenters. The Kier molecular flexibility index (Phi) is 4.54. The second-order valence-electron chi connectivity index (χ2n) is 2.52. The van der Waals surface area contributed by atoms with Crippen LogP contribution in [-0.2, 0) is 0 Å². The molecule has 2 N–H and O–H groups in total. The van der Waals surface area contributed by atoms with Crippen LogP contribution in [0.15, 0.2) is 16.8 Å². The van der Waals surface area contributed by atoms with Crippen molar-refractivity contribution in [2.75, 3.05) is 7.05 Å². The number of aliphatic hydroxyl groups excluding tert-OH is 1. The van der Waals surface area contributed by atoms with Gasteiger partial charge in [-0.2, -0.15) is 0 Å². The van der Waals surface area contributed by atoms with Gasteiger partial charge in [0.2, 0.25) is 0 Å². The number of amidine groups is 1. The van der Waals surface area contributed by atoms with E-state index in [9.17, 15) is 0 Å². The fourth-order valence-corrected chi connectivity index (χ4v) is 0.745. The van der Waals surface area contributed by atoms with Crippen molar-refractivity contribution in [2.24, 2.45) is 4.99 Å². The molecule has 1 atom stereocenters. The van der Waals surface area contributed by atoms with E-state index in [-0.39, 0.29) is 0 Å². The van der Waals surface area contributed by atoms with Crippen LogP contribution in [0.2, 0.25) is 0 Å².